The second kappa shape index (κ2) is 6.10. The second-order valence-corrected chi connectivity index (χ2v) is 8.36. The van der Waals surface area contributed by atoms with Crippen LogP contribution in [0.5, 0.6) is 0 Å². The maximum absolute atomic E-state index is 12.5. The lowest BCUT2D eigenvalue weighted by molar-refractivity contribution is 0.0622. The maximum Gasteiger partial charge on any atom is 0.261 e. The zero-order valence-corrected chi connectivity index (χ0v) is 13.8. The van der Waals surface area contributed by atoms with Gasteiger partial charge in [0.15, 0.2) is 0 Å². The lowest BCUT2D eigenvalue weighted by Crippen LogP contribution is -2.57. The van der Waals surface area contributed by atoms with Crippen LogP contribution in [0.1, 0.15) is 22.5 Å². The van der Waals surface area contributed by atoms with Crippen molar-refractivity contribution in [2.45, 2.75) is 28.0 Å². The van der Waals surface area contributed by atoms with Gasteiger partial charge < -0.3 is 14.6 Å². The van der Waals surface area contributed by atoms with Crippen LogP contribution in [0, 0.1) is 5.92 Å². The van der Waals surface area contributed by atoms with Crippen molar-refractivity contribution >= 4 is 29.0 Å². The summed E-state index contributed by atoms with van der Waals surface area (Å²) < 4.78 is 6.18. The summed E-state index contributed by atoms with van der Waals surface area (Å²) >= 11 is 3.17. The monoisotopic (exact) mass is 334 g/mol. The molecule has 0 radical (unpaired) electrons. The Balaban J connectivity index is 1.39. The molecule has 3 aliphatic heterocycles. The lowest BCUT2D eigenvalue weighted by Gasteiger charge is -2.44. The highest BCUT2D eigenvalue weighted by atomic mass is 32.2. The van der Waals surface area contributed by atoms with Crippen molar-refractivity contribution in [1.29, 1.82) is 0 Å². The van der Waals surface area contributed by atoms with E-state index < -0.39 is 0 Å². The Bertz CT molecular complexity index is 645. The molecule has 3 aliphatic rings. The van der Waals surface area contributed by atoms with Gasteiger partial charge in [0.1, 0.15) is 6.26 Å². The van der Waals surface area contributed by atoms with E-state index in [9.17, 15) is 4.79 Å². The van der Waals surface area contributed by atoms with Crippen LogP contribution in [0.2, 0.25) is 0 Å². The Morgan fingerprint density at radius 3 is 2.86 bits per heavy atom. The van der Waals surface area contributed by atoms with Gasteiger partial charge in [0.2, 0.25) is 0 Å². The van der Waals surface area contributed by atoms with E-state index in [-0.39, 0.29) is 5.91 Å². The fourth-order valence-corrected chi connectivity index (χ4v) is 5.25. The van der Waals surface area contributed by atoms with Crippen molar-refractivity contribution < 1.29 is 9.21 Å². The minimum atomic E-state index is 0.0720. The third-order valence-corrected chi connectivity index (χ3v) is 6.68. The molecule has 4 nitrogen and oxygen atoms in total. The van der Waals surface area contributed by atoms with Gasteiger partial charge in [-0.25, -0.2) is 0 Å². The number of amides is 1. The molecule has 0 aliphatic carbocycles. The standard InChI is InChI=1S/C16H18N2O2S2/c19-16(17-13-9-18-6-3-11(13)4-7-18)14-1-2-15(22-14)21-12-5-8-20-10-12/h1-2,5,8,10-11,13H,3-4,6-7,9H2,(H,17,19). The Morgan fingerprint density at radius 1 is 1.32 bits per heavy atom. The number of nitrogens with zero attached hydrogens (tertiary/aromatic N) is 1. The molecule has 1 N–H and O–H groups in total. The molecular formula is C16H18N2O2S2. The van der Waals surface area contributed by atoms with E-state index in [2.05, 4.69) is 10.2 Å². The fraction of sp³-hybridized carbons (Fsp3) is 0.438. The summed E-state index contributed by atoms with van der Waals surface area (Å²) in [4.78, 5) is 16.8. The van der Waals surface area contributed by atoms with Gasteiger partial charge in [-0.05, 0) is 50.0 Å². The summed E-state index contributed by atoms with van der Waals surface area (Å²) in [7, 11) is 0. The SMILES string of the molecule is O=C(NC1CN2CCC1CC2)c1ccc(Sc2ccoc2)s1. The Labute approximate surface area is 137 Å². The summed E-state index contributed by atoms with van der Waals surface area (Å²) in [5.41, 5.74) is 0. The number of carbonyl (C=O) groups is 1. The van der Waals surface area contributed by atoms with Gasteiger partial charge in [-0.15, -0.1) is 11.3 Å². The van der Waals surface area contributed by atoms with Crippen molar-refractivity contribution in [3.05, 3.63) is 35.6 Å². The second-order valence-electron chi connectivity index (χ2n) is 5.90. The van der Waals surface area contributed by atoms with Gasteiger partial charge in [-0.2, -0.15) is 0 Å². The highest BCUT2D eigenvalue weighted by molar-refractivity contribution is 8.01. The molecule has 1 unspecified atom stereocenters. The van der Waals surface area contributed by atoms with Crippen LogP contribution in [-0.4, -0.2) is 36.5 Å². The van der Waals surface area contributed by atoms with Crippen LogP contribution in [0.25, 0.3) is 0 Å². The molecule has 0 saturated carbocycles. The molecule has 116 valence electrons. The topological polar surface area (TPSA) is 45.5 Å². The van der Waals surface area contributed by atoms with Crippen LogP contribution < -0.4 is 5.32 Å². The van der Waals surface area contributed by atoms with Gasteiger partial charge in [-0.3, -0.25) is 4.79 Å². The molecule has 5 rings (SSSR count). The molecule has 5 heterocycles. The molecule has 2 aromatic heterocycles. The van der Waals surface area contributed by atoms with Crippen LogP contribution in [0.3, 0.4) is 0 Å². The predicted molar refractivity (Wildman–Crippen MR) is 87.6 cm³/mol. The zero-order valence-electron chi connectivity index (χ0n) is 12.2. The quantitative estimate of drug-likeness (QED) is 0.932. The fourth-order valence-electron chi connectivity index (χ4n) is 3.29. The number of nitrogens with one attached hydrogen (secondary N) is 1. The van der Waals surface area contributed by atoms with Crippen molar-refractivity contribution in [3.63, 3.8) is 0 Å². The van der Waals surface area contributed by atoms with E-state index in [0.29, 0.717) is 12.0 Å². The number of furan rings is 1. The number of fused-ring (bicyclic) bond motifs is 3. The van der Waals surface area contributed by atoms with Crippen LogP contribution >= 0.6 is 23.1 Å². The van der Waals surface area contributed by atoms with Gasteiger partial charge in [0, 0.05) is 12.6 Å². The average molecular weight is 334 g/mol. The third-order valence-electron chi connectivity index (χ3n) is 4.49. The minimum Gasteiger partial charge on any atom is -0.471 e. The summed E-state index contributed by atoms with van der Waals surface area (Å²) in [6.45, 7) is 3.40. The molecule has 1 amide bonds. The normalized spacial score (nSPS) is 27.0. The number of thiophene rings is 1. The number of hydrogen-bond acceptors (Lipinski definition) is 5. The minimum absolute atomic E-state index is 0.0720. The van der Waals surface area contributed by atoms with E-state index in [1.165, 1.54) is 25.9 Å². The predicted octanol–water partition coefficient (Wildman–Crippen LogP) is 3.32. The zero-order chi connectivity index (χ0) is 14.9. The Morgan fingerprint density at radius 2 is 2.18 bits per heavy atom. The highest BCUT2D eigenvalue weighted by Crippen LogP contribution is 2.34. The molecular weight excluding hydrogens is 316 g/mol. The van der Waals surface area contributed by atoms with Crippen molar-refractivity contribution in [2.24, 2.45) is 5.92 Å². The highest BCUT2D eigenvalue weighted by Gasteiger charge is 2.35. The maximum atomic E-state index is 12.5. The van der Waals surface area contributed by atoms with Gasteiger partial charge >= 0.3 is 0 Å². The Hall–Kier alpha value is -1.24. The first-order valence-electron chi connectivity index (χ1n) is 7.61. The van der Waals surface area contributed by atoms with E-state index in [4.69, 9.17) is 4.42 Å². The van der Waals surface area contributed by atoms with E-state index in [0.717, 1.165) is 20.5 Å². The van der Waals surface area contributed by atoms with E-state index >= 15 is 0 Å². The van der Waals surface area contributed by atoms with E-state index in [1.807, 2.05) is 18.2 Å². The van der Waals surface area contributed by atoms with Gasteiger partial charge in [-0.1, -0.05) is 11.8 Å². The van der Waals surface area contributed by atoms with Crippen molar-refractivity contribution in [1.82, 2.24) is 10.2 Å². The molecule has 22 heavy (non-hydrogen) atoms. The van der Waals surface area contributed by atoms with Crippen LogP contribution in [-0.2, 0) is 0 Å². The first kappa shape index (κ1) is 14.4. The van der Waals surface area contributed by atoms with E-state index in [1.54, 1.807) is 35.6 Å². The van der Waals surface area contributed by atoms with Gasteiger partial charge in [0.25, 0.3) is 5.91 Å². The molecule has 2 bridgehead atoms. The van der Waals surface area contributed by atoms with Crippen LogP contribution in [0.15, 0.2) is 44.2 Å². The Kier molecular flexibility index (Phi) is 3.98. The number of hydrogen-bond donors (Lipinski definition) is 1. The number of carbonyl (C=O) groups excluding carboxylic acids is 1. The third kappa shape index (κ3) is 2.95. The van der Waals surface area contributed by atoms with Gasteiger partial charge in [0.05, 0.1) is 20.2 Å². The smallest absolute Gasteiger partial charge is 0.261 e. The largest absolute Gasteiger partial charge is 0.471 e. The molecule has 0 aromatic carbocycles. The summed E-state index contributed by atoms with van der Waals surface area (Å²) in [6.07, 6.45) is 5.82. The molecule has 3 saturated heterocycles. The van der Waals surface area contributed by atoms with Crippen LogP contribution in [0.4, 0.5) is 0 Å². The number of piperidine rings is 3. The summed E-state index contributed by atoms with van der Waals surface area (Å²) in [5, 5.41) is 3.24. The molecule has 3 fully saturated rings. The molecule has 6 heteroatoms. The first-order valence-corrected chi connectivity index (χ1v) is 9.24. The molecule has 1 atom stereocenters. The summed E-state index contributed by atoms with van der Waals surface area (Å²) in [6, 6.07) is 6.18. The van der Waals surface area contributed by atoms with Crippen molar-refractivity contribution in [3.8, 4) is 0 Å². The van der Waals surface area contributed by atoms with Crippen molar-refractivity contribution in [2.75, 3.05) is 19.6 Å². The molecule has 0 spiro atoms. The number of rotatable bonds is 4. The molecule has 2 aromatic rings. The lowest BCUT2D eigenvalue weighted by atomic mass is 9.84. The first-order chi connectivity index (χ1) is 10.8. The average Bonchev–Trinajstić information content (AvgIpc) is 3.21. The summed E-state index contributed by atoms with van der Waals surface area (Å²) in [5.74, 6) is 0.733.